The number of benzene rings is 3. The second-order valence-corrected chi connectivity index (χ2v) is 12.0. The van der Waals surface area contributed by atoms with E-state index >= 15 is 0 Å². The summed E-state index contributed by atoms with van der Waals surface area (Å²) in [5, 5.41) is 3.42. The molecule has 0 unspecified atom stereocenters. The molecule has 3 N–H and O–H groups in total. The number of halogens is 2. The highest BCUT2D eigenvalue weighted by molar-refractivity contribution is 7.92. The number of amides is 1. The first-order chi connectivity index (χ1) is 18.6. The van der Waals surface area contributed by atoms with Crippen LogP contribution in [0.5, 0.6) is 0 Å². The predicted octanol–water partition coefficient (Wildman–Crippen LogP) is 4.26. The number of anilines is 1. The van der Waals surface area contributed by atoms with Crippen LogP contribution in [0.1, 0.15) is 15.9 Å². The topological polar surface area (TPSA) is 130 Å². The van der Waals surface area contributed by atoms with E-state index in [4.69, 9.17) is 11.6 Å². The SMILES string of the molecule is O=C(NS(=O)(=O)c1ccc(Cl)s1)c1ccc(-n2c(=O)[nH]c3cc(NCc4ccc(F)cc4)ccc3c2=O)cc1. The number of sulfonamides is 1. The molecule has 0 radical (unpaired) electrons. The summed E-state index contributed by atoms with van der Waals surface area (Å²) in [4.78, 5) is 41.2. The van der Waals surface area contributed by atoms with Crippen molar-refractivity contribution in [3.05, 3.63) is 121 Å². The molecule has 0 spiro atoms. The van der Waals surface area contributed by atoms with Crippen molar-refractivity contribution in [2.75, 3.05) is 5.32 Å². The van der Waals surface area contributed by atoms with E-state index < -0.39 is 27.2 Å². The highest BCUT2D eigenvalue weighted by Gasteiger charge is 2.21. The fourth-order valence-corrected chi connectivity index (χ4v) is 6.26. The highest BCUT2D eigenvalue weighted by Crippen LogP contribution is 2.25. The zero-order valence-corrected chi connectivity index (χ0v) is 22.2. The van der Waals surface area contributed by atoms with Gasteiger partial charge in [-0.3, -0.25) is 9.59 Å². The summed E-state index contributed by atoms with van der Waals surface area (Å²) in [5.41, 5.74) is 0.741. The van der Waals surface area contributed by atoms with E-state index in [1.165, 1.54) is 48.5 Å². The van der Waals surface area contributed by atoms with Gasteiger partial charge in [-0.15, -0.1) is 11.3 Å². The van der Waals surface area contributed by atoms with Gasteiger partial charge in [0.25, 0.3) is 21.5 Å². The normalized spacial score (nSPS) is 11.4. The van der Waals surface area contributed by atoms with E-state index in [9.17, 15) is 27.2 Å². The Bertz CT molecular complexity index is 1930. The number of aromatic nitrogens is 2. The van der Waals surface area contributed by atoms with Crippen LogP contribution in [-0.2, 0) is 16.6 Å². The van der Waals surface area contributed by atoms with Crippen molar-refractivity contribution in [3.8, 4) is 5.69 Å². The molecule has 0 aliphatic heterocycles. The first-order valence-electron chi connectivity index (χ1n) is 11.3. The second-order valence-electron chi connectivity index (χ2n) is 8.35. The van der Waals surface area contributed by atoms with Crippen molar-refractivity contribution in [2.45, 2.75) is 10.8 Å². The summed E-state index contributed by atoms with van der Waals surface area (Å²) in [5.74, 6) is -1.21. The number of hydrogen-bond donors (Lipinski definition) is 3. The fourth-order valence-electron chi connectivity index (χ4n) is 3.80. The summed E-state index contributed by atoms with van der Waals surface area (Å²) >= 11 is 6.59. The van der Waals surface area contributed by atoms with Crippen LogP contribution in [0.15, 0.2) is 92.7 Å². The van der Waals surface area contributed by atoms with Crippen molar-refractivity contribution in [1.82, 2.24) is 14.3 Å². The van der Waals surface area contributed by atoms with Gasteiger partial charge >= 0.3 is 5.69 Å². The van der Waals surface area contributed by atoms with Gasteiger partial charge in [-0.2, -0.15) is 0 Å². The van der Waals surface area contributed by atoms with E-state index in [0.717, 1.165) is 21.5 Å². The molecule has 39 heavy (non-hydrogen) atoms. The van der Waals surface area contributed by atoms with Crippen LogP contribution in [0, 0.1) is 5.82 Å². The number of H-pyrrole nitrogens is 1. The highest BCUT2D eigenvalue weighted by atomic mass is 35.5. The van der Waals surface area contributed by atoms with Crippen LogP contribution in [0.2, 0.25) is 4.34 Å². The molecule has 13 heteroatoms. The Labute approximate surface area is 229 Å². The van der Waals surface area contributed by atoms with Crippen LogP contribution in [0.25, 0.3) is 16.6 Å². The number of aromatic amines is 1. The third-order valence-electron chi connectivity index (χ3n) is 5.74. The Balaban J connectivity index is 1.37. The smallest absolute Gasteiger partial charge is 0.333 e. The third-order valence-corrected chi connectivity index (χ3v) is 8.79. The molecule has 0 aliphatic rings. The first kappa shape index (κ1) is 26.4. The van der Waals surface area contributed by atoms with Gasteiger partial charge in [-0.25, -0.2) is 26.9 Å². The molecule has 0 aliphatic carbocycles. The molecule has 5 rings (SSSR count). The lowest BCUT2D eigenvalue weighted by Gasteiger charge is -2.10. The maximum absolute atomic E-state index is 13.2. The number of carbonyl (C=O) groups excluding carboxylic acids is 1. The van der Waals surface area contributed by atoms with Crippen LogP contribution in [0.3, 0.4) is 0 Å². The van der Waals surface area contributed by atoms with E-state index in [2.05, 4.69) is 10.3 Å². The maximum Gasteiger partial charge on any atom is 0.333 e. The molecule has 1 amide bonds. The van der Waals surface area contributed by atoms with Crippen molar-refractivity contribution >= 4 is 55.5 Å². The van der Waals surface area contributed by atoms with E-state index in [-0.39, 0.29) is 31.0 Å². The van der Waals surface area contributed by atoms with E-state index in [1.54, 1.807) is 30.3 Å². The quantitative estimate of drug-likeness (QED) is 0.262. The molecular formula is C26H18ClFN4O5S2. The molecule has 3 aromatic carbocycles. The van der Waals surface area contributed by atoms with Gasteiger partial charge in [-0.1, -0.05) is 23.7 Å². The Hall–Kier alpha value is -4.26. The minimum Gasteiger partial charge on any atom is -0.381 e. The number of rotatable bonds is 7. The molecular weight excluding hydrogens is 567 g/mol. The van der Waals surface area contributed by atoms with E-state index in [1.807, 2.05) is 4.72 Å². The number of nitrogens with zero attached hydrogens (tertiary/aromatic N) is 1. The summed E-state index contributed by atoms with van der Waals surface area (Å²) < 4.78 is 40.9. The molecule has 0 saturated carbocycles. The number of thiophene rings is 1. The number of fused-ring (bicyclic) bond motifs is 1. The zero-order valence-electron chi connectivity index (χ0n) is 19.8. The van der Waals surface area contributed by atoms with Gasteiger partial charge in [0.2, 0.25) is 0 Å². The summed E-state index contributed by atoms with van der Waals surface area (Å²) in [6, 6.07) is 18.9. The predicted molar refractivity (Wildman–Crippen MR) is 148 cm³/mol. The Kier molecular flexibility index (Phi) is 7.08. The van der Waals surface area contributed by atoms with Crippen LogP contribution in [0.4, 0.5) is 10.1 Å². The summed E-state index contributed by atoms with van der Waals surface area (Å²) in [6.45, 7) is 0.412. The number of carbonyl (C=O) groups is 1. The van der Waals surface area contributed by atoms with E-state index in [0.29, 0.717) is 17.7 Å². The molecule has 5 aromatic rings. The van der Waals surface area contributed by atoms with Gasteiger partial charge < -0.3 is 10.3 Å². The molecule has 0 bridgehead atoms. The number of nitrogens with one attached hydrogen (secondary N) is 3. The molecule has 2 heterocycles. The Morgan fingerprint density at radius 1 is 0.974 bits per heavy atom. The monoisotopic (exact) mass is 584 g/mol. The molecule has 0 saturated heterocycles. The minimum absolute atomic E-state index is 0.00659. The van der Waals surface area contributed by atoms with Gasteiger partial charge in [0.1, 0.15) is 10.0 Å². The summed E-state index contributed by atoms with van der Waals surface area (Å²) in [7, 11) is -4.11. The van der Waals surface area contributed by atoms with Crippen molar-refractivity contribution in [3.63, 3.8) is 0 Å². The number of hydrogen-bond acceptors (Lipinski definition) is 7. The fraction of sp³-hybridized carbons (Fsp3) is 0.0385. The van der Waals surface area contributed by atoms with Crippen molar-refractivity contribution in [1.29, 1.82) is 0 Å². The molecule has 0 atom stereocenters. The molecule has 0 fully saturated rings. The summed E-state index contributed by atoms with van der Waals surface area (Å²) in [6.07, 6.45) is 0. The Morgan fingerprint density at radius 3 is 2.36 bits per heavy atom. The molecule has 2 aromatic heterocycles. The van der Waals surface area contributed by atoms with Crippen molar-refractivity contribution in [2.24, 2.45) is 0 Å². The van der Waals surface area contributed by atoms with Crippen LogP contribution < -0.4 is 21.3 Å². The largest absolute Gasteiger partial charge is 0.381 e. The average molecular weight is 585 g/mol. The van der Waals surface area contributed by atoms with Crippen LogP contribution in [-0.4, -0.2) is 23.9 Å². The third kappa shape index (κ3) is 5.62. The van der Waals surface area contributed by atoms with Crippen LogP contribution >= 0.6 is 22.9 Å². The minimum atomic E-state index is -4.11. The van der Waals surface area contributed by atoms with Gasteiger partial charge in [0.15, 0.2) is 0 Å². The lowest BCUT2D eigenvalue weighted by molar-refractivity contribution is 0.0981. The Morgan fingerprint density at radius 2 is 1.69 bits per heavy atom. The van der Waals surface area contributed by atoms with Crippen molar-refractivity contribution < 1.29 is 17.6 Å². The van der Waals surface area contributed by atoms with Gasteiger partial charge in [0.05, 0.1) is 20.9 Å². The lowest BCUT2D eigenvalue weighted by atomic mass is 10.2. The lowest BCUT2D eigenvalue weighted by Crippen LogP contribution is -2.33. The van der Waals surface area contributed by atoms with Gasteiger partial charge in [0, 0.05) is 17.8 Å². The first-order valence-corrected chi connectivity index (χ1v) is 14.0. The van der Waals surface area contributed by atoms with Gasteiger partial charge in [-0.05, 0) is 72.3 Å². The maximum atomic E-state index is 13.2. The standard InChI is InChI=1S/C26H18ClFN4O5S2/c27-22-11-12-23(38-22)39(36,37)31-24(33)16-3-8-19(9-4-16)32-25(34)20-10-7-18(13-21(20)30-26(32)35)29-14-15-1-5-17(28)6-2-15/h1-13,29H,14H2,(H,30,35)(H,31,33). The average Bonchev–Trinajstić information content (AvgIpc) is 3.35. The molecule has 9 nitrogen and oxygen atoms in total. The zero-order chi connectivity index (χ0) is 27.7. The second kappa shape index (κ2) is 10.5. The molecule has 198 valence electrons.